The van der Waals surface area contributed by atoms with Crippen LogP contribution in [0.5, 0.6) is 0 Å². The number of nitrogens with zero attached hydrogens (tertiary/aromatic N) is 3. The van der Waals surface area contributed by atoms with E-state index in [9.17, 15) is 9.18 Å². The highest BCUT2D eigenvalue weighted by Crippen LogP contribution is 2.24. The fraction of sp³-hybridized carbons (Fsp3) is 0.167. The highest BCUT2D eigenvalue weighted by atomic mass is 35.5. The number of halogens is 2. The third kappa shape index (κ3) is 4.23. The first kappa shape index (κ1) is 18.4. The zero-order valence-corrected chi connectivity index (χ0v) is 15.5. The predicted molar refractivity (Wildman–Crippen MR) is 102 cm³/mol. The van der Waals surface area contributed by atoms with Gasteiger partial charge in [0.1, 0.15) is 5.82 Å². The van der Waals surface area contributed by atoms with Crippen molar-refractivity contribution in [3.05, 3.63) is 59.4 Å². The highest BCUT2D eigenvalue weighted by Gasteiger charge is 2.15. The molecule has 1 N–H and O–H groups in total. The third-order valence-corrected chi connectivity index (χ3v) is 4.80. The van der Waals surface area contributed by atoms with E-state index in [4.69, 9.17) is 11.6 Å². The molecule has 0 aliphatic heterocycles. The van der Waals surface area contributed by atoms with E-state index >= 15 is 0 Å². The monoisotopic (exact) mass is 390 g/mol. The summed E-state index contributed by atoms with van der Waals surface area (Å²) in [5, 5.41) is 11.9. The SMILES string of the molecule is CCn1c(SCC(=O)Nc2cc(Cl)ccc2F)nnc1-c1ccccc1. The number of amides is 1. The second-order valence-electron chi connectivity index (χ2n) is 5.38. The summed E-state index contributed by atoms with van der Waals surface area (Å²) < 4.78 is 15.6. The first-order chi connectivity index (χ1) is 12.6. The minimum absolute atomic E-state index is 0.0602. The van der Waals surface area contributed by atoms with Gasteiger partial charge in [0.25, 0.3) is 0 Å². The number of hydrogen-bond acceptors (Lipinski definition) is 4. The maximum absolute atomic E-state index is 13.7. The van der Waals surface area contributed by atoms with Crippen LogP contribution in [0.25, 0.3) is 11.4 Å². The lowest BCUT2D eigenvalue weighted by molar-refractivity contribution is -0.113. The van der Waals surface area contributed by atoms with E-state index in [1.807, 2.05) is 41.8 Å². The molecule has 0 bridgehead atoms. The average molecular weight is 391 g/mol. The summed E-state index contributed by atoms with van der Waals surface area (Å²) in [4.78, 5) is 12.1. The Hall–Kier alpha value is -2.38. The molecule has 1 heterocycles. The normalized spacial score (nSPS) is 10.7. The van der Waals surface area contributed by atoms with Crippen molar-refractivity contribution < 1.29 is 9.18 Å². The van der Waals surface area contributed by atoms with Gasteiger partial charge in [-0.1, -0.05) is 53.7 Å². The van der Waals surface area contributed by atoms with Gasteiger partial charge in [-0.05, 0) is 25.1 Å². The standard InChI is InChI=1S/C18H16ClFN4OS/c1-2-24-17(12-6-4-3-5-7-12)22-23-18(24)26-11-16(25)21-15-10-13(19)8-9-14(15)20/h3-10H,2,11H2,1H3,(H,21,25). The van der Waals surface area contributed by atoms with Crippen molar-refractivity contribution in [1.29, 1.82) is 0 Å². The summed E-state index contributed by atoms with van der Waals surface area (Å²) in [5.74, 6) is -0.0467. The number of rotatable bonds is 6. The molecule has 0 saturated carbocycles. The van der Waals surface area contributed by atoms with Gasteiger partial charge in [-0.25, -0.2) is 4.39 Å². The average Bonchev–Trinajstić information content (AvgIpc) is 3.06. The molecule has 134 valence electrons. The van der Waals surface area contributed by atoms with Crippen LogP contribution in [0.4, 0.5) is 10.1 Å². The van der Waals surface area contributed by atoms with Gasteiger partial charge >= 0.3 is 0 Å². The lowest BCUT2D eigenvalue weighted by Crippen LogP contribution is -2.15. The van der Waals surface area contributed by atoms with E-state index in [1.54, 1.807) is 0 Å². The van der Waals surface area contributed by atoms with Crippen molar-refractivity contribution in [2.75, 3.05) is 11.1 Å². The van der Waals surface area contributed by atoms with E-state index in [1.165, 1.54) is 30.0 Å². The lowest BCUT2D eigenvalue weighted by Gasteiger charge is -2.08. The zero-order valence-electron chi connectivity index (χ0n) is 13.9. The summed E-state index contributed by atoms with van der Waals surface area (Å²) in [5.41, 5.74) is 1.02. The number of thioether (sulfide) groups is 1. The van der Waals surface area contributed by atoms with Gasteiger partial charge in [0, 0.05) is 17.1 Å². The Kier molecular flexibility index (Phi) is 5.90. The number of hydrogen-bond donors (Lipinski definition) is 1. The quantitative estimate of drug-likeness (QED) is 0.630. The Morgan fingerprint density at radius 1 is 1.23 bits per heavy atom. The fourth-order valence-corrected chi connectivity index (χ4v) is 3.37. The Labute approximate surface area is 159 Å². The van der Waals surface area contributed by atoms with Crippen LogP contribution in [0.15, 0.2) is 53.7 Å². The van der Waals surface area contributed by atoms with E-state index in [0.29, 0.717) is 16.7 Å². The summed E-state index contributed by atoms with van der Waals surface area (Å²) >= 11 is 7.08. The smallest absolute Gasteiger partial charge is 0.234 e. The molecule has 3 aromatic rings. The molecular weight excluding hydrogens is 375 g/mol. The largest absolute Gasteiger partial charge is 0.323 e. The first-order valence-corrected chi connectivity index (χ1v) is 9.31. The molecule has 0 radical (unpaired) electrons. The molecule has 0 spiro atoms. The number of nitrogens with one attached hydrogen (secondary N) is 1. The van der Waals surface area contributed by atoms with E-state index in [0.717, 1.165) is 11.4 Å². The Morgan fingerprint density at radius 3 is 2.73 bits per heavy atom. The van der Waals surface area contributed by atoms with Gasteiger partial charge in [0.05, 0.1) is 11.4 Å². The fourth-order valence-electron chi connectivity index (χ4n) is 2.39. The maximum atomic E-state index is 13.7. The van der Waals surface area contributed by atoms with Crippen LogP contribution < -0.4 is 5.32 Å². The minimum atomic E-state index is -0.532. The second kappa shape index (κ2) is 8.33. The van der Waals surface area contributed by atoms with E-state index in [-0.39, 0.29) is 17.3 Å². The van der Waals surface area contributed by atoms with Crippen molar-refractivity contribution in [3.63, 3.8) is 0 Å². The molecule has 0 atom stereocenters. The minimum Gasteiger partial charge on any atom is -0.323 e. The van der Waals surface area contributed by atoms with Crippen molar-refractivity contribution in [2.45, 2.75) is 18.6 Å². The first-order valence-electron chi connectivity index (χ1n) is 7.94. The van der Waals surface area contributed by atoms with Crippen LogP contribution in [0.3, 0.4) is 0 Å². The molecule has 3 rings (SSSR count). The van der Waals surface area contributed by atoms with Gasteiger partial charge in [-0.15, -0.1) is 10.2 Å². The molecule has 0 unspecified atom stereocenters. The zero-order chi connectivity index (χ0) is 18.5. The van der Waals surface area contributed by atoms with Gasteiger partial charge in [0.15, 0.2) is 11.0 Å². The Balaban J connectivity index is 1.69. The van der Waals surface area contributed by atoms with Crippen molar-refractivity contribution in [1.82, 2.24) is 14.8 Å². The van der Waals surface area contributed by atoms with Crippen LogP contribution in [0.2, 0.25) is 5.02 Å². The van der Waals surface area contributed by atoms with Crippen molar-refractivity contribution in [3.8, 4) is 11.4 Å². The van der Waals surface area contributed by atoms with Crippen LogP contribution in [0.1, 0.15) is 6.92 Å². The van der Waals surface area contributed by atoms with Crippen LogP contribution in [-0.4, -0.2) is 26.4 Å². The number of carbonyl (C=O) groups excluding carboxylic acids is 1. The van der Waals surface area contributed by atoms with Gasteiger partial charge in [-0.3, -0.25) is 4.79 Å². The number of benzene rings is 2. The summed E-state index contributed by atoms with van der Waals surface area (Å²) in [7, 11) is 0. The molecule has 1 amide bonds. The van der Waals surface area contributed by atoms with Gasteiger partial charge < -0.3 is 9.88 Å². The molecule has 26 heavy (non-hydrogen) atoms. The molecule has 0 saturated heterocycles. The van der Waals surface area contributed by atoms with Crippen LogP contribution >= 0.6 is 23.4 Å². The second-order valence-corrected chi connectivity index (χ2v) is 6.76. The summed E-state index contributed by atoms with van der Waals surface area (Å²) in [6.45, 7) is 2.66. The third-order valence-electron chi connectivity index (χ3n) is 3.60. The Bertz CT molecular complexity index is 917. The topological polar surface area (TPSA) is 59.8 Å². The molecule has 8 heteroatoms. The number of aromatic nitrogens is 3. The molecule has 0 aliphatic carbocycles. The lowest BCUT2D eigenvalue weighted by atomic mass is 10.2. The summed E-state index contributed by atoms with van der Waals surface area (Å²) in [6, 6.07) is 13.7. The highest BCUT2D eigenvalue weighted by molar-refractivity contribution is 7.99. The van der Waals surface area contributed by atoms with Gasteiger partial charge in [0.2, 0.25) is 5.91 Å². The number of anilines is 1. The summed E-state index contributed by atoms with van der Waals surface area (Å²) in [6.07, 6.45) is 0. The molecule has 2 aromatic carbocycles. The maximum Gasteiger partial charge on any atom is 0.234 e. The van der Waals surface area contributed by atoms with Gasteiger partial charge in [-0.2, -0.15) is 0 Å². The molecule has 1 aromatic heterocycles. The molecule has 5 nitrogen and oxygen atoms in total. The van der Waals surface area contributed by atoms with E-state index in [2.05, 4.69) is 15.5 Å². The molecular formula is C18H16ClFN4OS. The number of carbonyl (C=O) groups is 1. The van der Waals surface area contributed by atoms with Crippen molar-refractivity contribution in [2.24, 2.45) is 0 Å². The Morgan fingerprint density at radius 2 is 2.00 bits per heavy atom. The molecule has 0 fully saturated rings. The molecule has 0 aliphatic rings. The predicted octanol–water partition coefficient (Wildman–Crippen LogP) is 4.49. The van der Waals surface area contributed by atoms with Crippen LogP contribution in [-0.2, 0) is 11.3 Å². The van der Waals surface area contributed by atoms with Crippen LogP contribution in [0, 0.1) is 5.82 Å². The van der Waals surface area contributed by atoms with E-state index < -0.39 is 5.82 Å². The van der Waals surface area contributed by atoms with Crippen molar-refractivity contribution >= 4 is 35.0 Å².